The highest BCUT2D eigenvalue weighted by atomic mass is 19.4. The van der Waals surface area contributed by atoms with Gasteiger partial charge >= 0.3 is 6.18 Å². The second-order valence-electron chi connectivity index (χ2n) is 5.16. The number of nitro benzene ring substituents is 1. The van der Waals surface area contributed by atoms with Gasteiger partial charge in [0.1, 0.15) is 5.56 Å². The van der Waals surface area contributed by atoms with E-state index in [-0.39, 0.29) is 23.1 Å². The minimum atomic E-state index is -4.51. The highest BCUT2D eigenvalue weighted by Gasteiger charge is 2.31. The fourth-order valence-electron chi connectivity index (χ4n) is 2.38. The maximum atomic E-state index is 12.4. The van der Waals surface area contributed by atoms with Crippen molar-refractivity contribution < 1.29 is 27.7 Å². The Balaban J connectivity index is 2.42. The SMILES string of the molecule is O=C1CCCC=C1C(=O)c1ccc(CC(F)(F)F)cc1[N+](=O)[O-]. The van der Waals surface area contributed by atoms with Crippen LogP contribution < -0.4 is 0 Å². The Hall–Kier alpha value is -2.51. The van der Waals surface area contributed by atoms with Crippen LogP contribution in [0, 0.1) is 10.1 Å². The Kier molecular flexibility index (Phi) is 4.63. The maximum Gasteiger partial charge on any atom is 0.393 e. The smallest absolute Gasteiger partial charge is 0.294 e. The van der Waals surface area contributed by atoms with E-state index in [9.17, 15) is 32.9 Å². The Morgan fingerprint density at radius 3 is 2.57 bits per heavy atom. The third-order valence-electron chi connectivity index (χ3n) is 3.41. The highest BCUT2D eigenvalue weighted by molar-refractivity contribution is 6.27. The zero-order chi connectivity index (χ0) is 17.2. The van der Waals surface area contributed by atoms with Gasteiger partial charge in [0.25, 0.3) is 5.69 Å². The van der Waals surface area contributed by atoms with Crippen molar-refractivity contribution in [2.75, 3.05) is 0 Å². The molecule has 0 spiro atoms. The van der Waals surface area contributed by atoms with Gasteiger partial charge in [-0.1, -0.05) is 12.1 Å². The summed E-state index contributed by atoms with van der Waals surface area (Å²) in [6, 6.07) is 2.72. The molecule has 2 rings (SSSR count). The average molecular weight is 327 g/mol. The van der Waals surface area contributed by atoms with Crippen molar-refractivity contribution in [3.8, 4) is 0 Å². The number of Topliss-reactive ketones (excluding diaryl/α,β-unsaturated/α-hetero) is 2. The van der Waals surface area contributed by atoms with E-state index in [2.05, 4.69) is 0 Å². The van der Waals surface area contributed by atoms with E-state index in [0.717, 1.165) is 18.2 Å². The molecule has 122 valence electrons. The summed E-state index contributed by atoms with van der Waals surface area (Å²) in [6.45, 7) is 0. The number of ketones is 2. The first-order valence-electron chi connectivity index (χ1n) is 6.81. The lowest BCUT2D eigenvalue weighted by Gasteiger charge is -2.12. The van der Waals surface area contributed by atoms with Gasteiger partial charge < -0.3 is 0 Å². The predicted octanol–water partition coefficient (Wildman–Crippen LogP) is 3.56. The average Bonchev–Trinajstić information content (AvgIpc) is 2.45. The number of rotatable bonds is 4. The molecule has 1 aromatic carbocycles. The molecule has 0 aromatic heterocycles. The number of halogens is 3. The number of alkyl halides is 3. The molecule has 0 N–H and O–H groups in total. The minimum absolute atomic E-state index is 0.136. The van der Waals surface area contributed by atoms with Crippen molar-refractivity contribution in [1.82, 2.24) is 0 Å². The quantitative estimate of drug-likeness (QED) is 0.367. The van der Waals surface area contributed by atoms with Gasteiger partial charge in [-0.2, -0.15) is 13.2 Å². The molecule has 0 unspecified atom stereocenters. The standard InChI is InChI=1S/C15H12F3NO4/c16-15(17,18)8-9-5-6-10(12(7-9)19(22)23)14(21)11-3-1-2-4-13(11)20/h3,5-7H,1-2,4,8H2. The number of carbonyl (C=O) groups excluding carboxylic acids is 2. The molecule has 1 aromatic rings. The van der Waals surface area contributed by atoms with E-state index in [4.69, 9.17) is 0 Å². The fourth-order valence-corrected chi connectivity index (χ4v) is 2.38. The van der Waals surface area contributed by atoms with Crippen LogP contribution in [-0.2, 0) is 11.2 Å². The van der Waals surface area contributed by atoms with E-state index in [1.165, 1.54) is 6.08 Å². The molecule has 0 aliphatic heterocycles. The summed E-state index contributed by atoms with van der Waals surface area (Å²) in [6.07, 6.45) is -3.14. The monoisotopic (exact) mass is 327 g/mol. The first kappa shape index (κ1) is 16.9. The molecule has 0 saturated carbocycles. The maximum absolute atomic E-state index is 12.4. The van der Waals surface area contributed by atoms with Crippen LogP contribution in [0.3, 0.4) is 0 Å². The summed E-state index contributed by atoms with van der Waals surface area (Å²) >= 11 is 0. The molecule has 0 amide bonds. The zero-order valence-electron chi connectivity index (χ0n) is 11.9. The number of carbonyl (C=O) groups is 2. The molecule has 1 aliphatic rings. The van der Waals surface area contributed by atoms with Gasteiger partial charge in [-0.15, -0.1) is 0 Å². The second kappa shape index (κ2) is 6.31. The summed E-state index contributed by atoms with van der Waals surface area (Å²) in [5.74, 6) is -1.23. The lowest BCUT2D eigenvalue weighted by molar-refractivity contribution is -0.385. The molecule has 0 bridgehead atoms. The predicted molar refractivity (Wildman–Crippen MR) is 74.1 cm³/mol. The number of benzene rings is 1. The Labute approximate surface area is 128 Å². The number of nitro groups is 1. The highest BCUT2D eigenvalue weighted by Crippen LogP contribution is 2.29. The van der Waals surface area contributed by atoms with Gasteiger partial charge in [-0.3, -0.25) is 19.7 Å². The van der Waals surface area contributed by atoms with Crippen LogP contribution in [0.1, 0.15) is 35.2 Å². The third kappa shape index (κ3) is 4.02. The van der Waals surface area contributed by atoms with Crippen LogP contribution in [-0.4, -0.2) is 22.7 Å². The topological polar surface area (TPSA) is 77.3 Å². The molecule has 0 saturated heterocycles. The van der Waals surface area contributed by atoms with Crippen molar-refractivity contribution >= 4 is 17.3 Å². The first-order valence-corrected chi connectivity index (χ1v) is 6.81. The van der Waals surface area contributed by atoms with Crippen LogP contribution in [0.4, 0.5) is 18.9 Å². The number of hydrogen-bond acceptors (Lipinski definition) is 4. The normalized spacial score (nSPS) is 15.3. The van der Waals surface area contributed by atoms with Gasteiger partial charge in [0, 0.05) is 12.5 Å². The zero-order valence-corrected chi connectivity index (χ0v) is 11.9. The van der Waals surface area contributed by atoms with E-state index in [1.54, 1.807) is 0 Å². The largest absolute Gasteiger partial charge is 0.393 e. The Morgan fingerprint density at radius 1 is 1.30 bits per heavy atom. The molecular formula is C15H12F3NO4. The molecule has 0 fully saturated rings. The Bertz CT molecular complexity index is 707. The molecule has 5 nitrogen and oxygen atoms in total. The van der Waals surface area contributed by atoms with E-state index in [0.29, 0.717) is 12.8 Å². The molecule has 0 heterocycles. The van der Waals surface area contributed by atoms with Gasteiger partial charge in [0.15, 0.2) is 5.78 Å². The van der Waals surface area contributed by atoms with Crippen LogP contribution >= 0.6 is 0 Å². The van der Waals surface area contributed by atoms with Crippen molar-refractivity contribution in [1.29, 1.82) is 0 Å². The van der Waals surface area contributed by atoms with Crippen molar-refractivity contribution in [2.24, 2.45) is 0 Å². The summed E-state index contributed by atoms with van der Waals surface area (Å²) in [4.78, 5) is 34.2. The summed E-state index contributed by atoms with van der Waals surface area (Å²) in [5.41, 5.74) is -1.55. The van der Waals surface area contributed by atoms with E-state index >= 15 is 0 Å². The molecule has 0 radical (unpaired) electrons. The third-order valence-corrected chi connectivity index (χ3v) is 3.41. The van der Waals surface area contributed by atoms with E-state index in [1.807, 2.05) is 0 Å². The fraction of sp³-hybridized carbons (Fsp3) is 0.333. The summed E-state index contributed by atoms with van der Waals surface area (Å²) in [7, 11) is 0. The van der Waals surface area contributed by atoms with Gasteiger partial charge in [0.05, 0.1) is 16.9 Å². The van der Waals surface area contributed by atoms with Crippen molar-refractivity contribution in [3.63, 3.8) is 0 Å². The van der Waals surface area contributed by atoms with Gasteiger partial charge in [-0.05, 0) is 24.5 Å². The second-order valence-corrected chi connectivity index (χ2v) is 5.16. The van der Waals surface area contributed by atoms with Crippen LogP contribution in [0.25, 0.3) is 0 Å². The lowest BCUT2D eigenvalue weighted by atomic mass is 9.90. The number of allylic oxidation sites excluding steroid dienone is 2. The number of nitrogens with zero attached hydrogens (tertiary/aromatic N) is 1. The van der Waals surface area contributed by atoms with Gasteiger partial charge in [-0.25, -0.2) is 0 Å². The number of hydrogen-bond donors (Lipinski definition) is 0. The lowest BCUT2D eigenvalue weighted by Crippen LogP contribution is -2.18. The molecule has 23 heavy (non-hydrogen) atoms. The van der Waals surface area contributed by atoms with E-state index < -0.39 is 34.8 Å². The molecular weight excluding hydrogens is 315 g/mol. The molecule has 1 aliphatic carbocycles. The molecule has 0 atom stereocenters. The van der Waals surface area contributed by atoms with Crippen LogP contribution in [0.5, 0.6) is 0 Å². The first-order chi connectivity index (χ1) is 10.7. The minimum Gasteiger partial charge on any atom is -0.294 e. The van der Waals surface area contributed by atoms with Crippen LogP contribution in [0.2, 0.25) is 0 Å². The summed E-state index contributed by atoms with van der Waals surface area (Å²) < 4.78 is 37.2. The van der Waals surface area contributed by atoms with Crippen molar-refractivity contribution in [3.05, 3.63) is 51.1 Å². The molecule has 8 heteroatoms. The Morgan fingerprint density at radius 2 is 2.00 bits per heavy atom. The summed E-state index contributed by atoms with van der Waals surface area (Å²) in [5, 5.41) is 11.1. The van der Waals surface area contributed by atoms with Gasteiger partial charge in [0.2, 0.25) is 5.78 Å². The van der Waals surface area contributed by atoms with Crippen molar-refractivity contribution in [2.45, 2.75) is 31.9 Å². The van der Waals surface area contributed by atoms with Crippen LogP contribution in [0.15, 0.2) is 29.8 Å².